The molecule has 138 valence electrons. The first-order chi connectivity index (χ1) is 12.2. The number of nitrogens with zero attached hydrogens (tertiary/aromatic N) is 1. The van der Waals surface area contributed by atoms with Crippen LogP contribution in [-0.2, 0) is 9.53 Å². The Kier molecular flexibility index (Phi) is 8.32. The molecule has 25 heavy (non-hydrogen) atoms. The normalized spacial score (nSPS) is 19.8. The fourth-order valence-electron chi connectivity index (χ4n) is 2.95. The number of unbranched alkanes of at least 4 members (excludes halogenated alkanes) is 3. The van der Waals surface area contributed by atoms with Gasteiger partial charge in [-0.15, -0.1) is 11.8 Å². The fraction of sp³-hybridized carbons (Fsp3) is 0.600. The highest BCUT2D eigenvalue weighted by Crippen LogP contribution is 2.34. The van der Waals surface area contributed by atoms with Gasteiger partial charge in [0.1, 0.15) is 6.04 Å². The third kappa shape index (κ3) is 5.50. The van der Waals surface area contributed by atoms with Crippen LogP contribution in [-0.4, -0.2) is 40.6 Å². The summed E-state index contributed by atoms with van der Waals surface area (Å²) in [5.41, 5.74) is 0.636. The smallest absolute Gasteiger partial charge is 0.329 e. The summed E-state index contributed by atoms with van der Waals surface area (Å²) in [7, 11) is 0. The number of carbonyl (C=O) groups excluding carboxylic acids is 2. The van der Waals surface area contributed by atoms with E-state index in [0.29, 0.717) is 17.9 Å². The molecule has 1 fully saturated rings. The largest absolute Gasteiger partial charge is 0.464 e. The highest BCUT2D eigenvalue weighted by molar-refractivity contribution is 8.00. The van der Waals surface area contributed by atoms with Gasteiger partial charge in [0.05, 0.1) is 12.0 Å². The van der Waals surface area contributed by atoms with Crippen LogP contribution in [0.2, 0.25) is 0 Å². The molecule has 0 spiro atoms. The van der Waals surface area contributed by atoms with Gasteiger partial charge in [-0.05, 0) is 25.0 Å². The molecule has 0 radical (unpaired) electrons. The molecule has 1 saturated heterocycles. The summed E-state index contributed by atoms with van der Waals surface area (Å²) in [6, 6.07) is 8.77. The van der Waals surface area contributed by atoms with Gasteiger partial charge in [-0.2, -0.15) is 0 Å². The van der Waals surface area contributed by atoms with Gasteiger partial charge in [-0.3, -0.25) is 4.79 Å². The van der Waals surface area contributed by atoms with Crippen LogP contribution in [0.15, 0.2) is 30.3 Å². The van der Waals surface area contributed by atoms with E-state index in [1.807, 2.05) is 30.3 Å². The van der Waals surface area contributed by atoms with Crippen LogP contribution in [0.5, 0.6) is 0 Å². The zero-order chi connectivity index (χ0) is 18.1. The number of thioether (sulfide) groups is 1. The van der Waals surface area contributed by atoms with E-state index in [1.165, 1.54) is 0 Å². The summed E-state index contributed by atoms with van der Waals surface area (Å²) in [4.78, 5) is 27.3. The molecule has 0 aromatic heterocycles. The molecule has 1 aliphatic rings. The lowest BCUT2D eigenvalue weighted by Gasteiger charge is -2.28. The molecule has 2 rings (SSSR count). The van der Waals surface area contributed by atoms with Crippen molar-refractivity contribution in [1.82, 2.24) is 4.90 Å². The molecule has 1 aromatic carbocycles. The first-order valence-corrected chi connectivity index (χ1v) is 10.4. The lowest BCUT2D eigenvalue weighted by Crippen LogP contribution is -2.46. The van der Waals surface area contributed by atoms with Gasteiger partial charge >= 0.3 is 5.97 Å². The molecule has 0 N–H and O–H groups in total. The van der Waals surface area contributed by atoms with E-state index in [4.69, 9.17) is 4.74 Å². The summed E-state index contributed by atoms with van der Waals surface area (Å²) < 4.78 is 5.41. The molecule has 0 saturated carbocycles. The Morgan fingerprint density at radius 3 is 2.52 bits per heavy atom. The predicted molar refractivity (Wildman–Crippen MR) is 103 cm³/mol. The number of ether oxygens (including phenoxy) is 1. The van der Waals surface area contributed by atoms with E-state index in [2.05, 4.69) is 13.8 Å². The average Bonchev–Trinajstić information content (AvgIpc) is 3.06. The van der Waals surface area contributed by atoms with Crippen molar-refractivity contribution in [2.24, 2.45) is 0 Å². The minimum absolute atomic E-state index is 0.0583. The summed E-state index contributed by atoms with van der Waals surface area (Å²) >= 11 is 1.70. The average molecular weight is 364 g/mol. The maximum absolute atomic E-state index is 13.0. The van der Waals surface area contributed by atoms with Crippen LogP contribution >= 0.6 is 11.8 Å². The van der Waals surface area contributed by atoms with E-state index >= 15 is 0 Å². The fourth-order valence-corrected chi connectivity index (χ4v) is 4.39. The number of benzene rings is 1. The third-order valence-corrected chi connectivity index (χ3v) is 5.77. The zero-order valence-electron chi connectivity index (χ0n) is 15.3. The van der Waals surface area contributed by atoms with Crippen molar-refractivity contribution in [2.75, 3.05) is 12.4 Å². The number of esters is 1. The molecule has 1 amide bonds. The molecule has 0 bridgehead atoms. The first kappa shape index (κ1) is 19.8. The molecular weight excluding hydrogens is 334 g/mol. The Labute approximate surface area is 155 Å². The van der Waals surface area contributed by atoms with Gasteiger partial charge in [-0.1, -0.05) is 57.7 Å². The Morgan fingerprint density at radius 1 is 1.12 bits per heavy atom. The van der Waals surface area contributed by atoms with Crippen LogP contribution < -0.4 is 0 Å². The van der Waals surface area contributed by atoms with Crippen molar-refractivity contribution in [1.29, 1.82) is 0 Å². The molecule has 4 nitrogen and oxygen atoms in total. The van der Waals surface area contributed by atoms with Crippen LogP contribution in [0, 0.1) is 0 Å². The van der Waals surface area contributed by atoms with Gasteiger partial charge in [0.15, 0.2) is 0 Å². The third-order valence-electron chi connectivity index (χ3n) is 4.42. The van der Waals surface area contributed by atoms with E-state index in [1.54, 1.807) is 16.7 Å². The van der Waals surface area contributed by atoms with Crippen molar-refractivity contribution < 1.29 is 14.3 Å². The molecule has 2 unspecified atom stereocenters. The second-order valence-corrected chi connectivity index (χ2v) is 7.61. The number of carbonyl (C=O) groups is 2. The van der Waals surface area contributed by atoms with Gasteiger partial charge in [0.25, 0.3) is 5.91 Å². The first-order valence-electron chi connectivity index (χ1n) is 9.35. The topological polar surface area (TPSA) is 46.6 Å². The van der Waals surface area contributed by atoms with Gasteiger partial charge in [0, 0.05) is 11.3 Å². The Bertz CT molecular complexity index is 549. The second kappa shape index (κ2) is 10.5. The number of hydrogen-bond donors (Lipinski definition) is 0. The van der Waals surface area contributed by atoms with Crippen LogP contribution in [0.1, 0.15) is 62.7 Å². The molecule has 0 aliphatic carbocycles. The van der Waals surface area contributed by atoms with E-state index in [0.717, 1.165) is 38.5 Å². The van der Waals surface area contributed by atoms with Crippen LogP contribution in [0.3, 0.4) is 0 Å². The molecule has 5 heteroatoms. The van der Waals surface area contributed by atoms with Crippen LogP contribution in [0.4, 0.5) is 0 Å². The maximum Gasteiger partial charge on any atom is 0.329 e. The second-order valence-electron chi connectivity index (χ2n) is 6.40. The van der Waals surface area contributed by atoms with E-state index in [9.17, 15) is 9.59 Å². The van der Waals surface area contributed by atoms with Gasteiger partial charge < -0.3 is 9.64 Å². The molecule has 1 aliphatic heterocycles. The number of rotatable bonds is 9. The minimum atomic E-state index is -0.471. The summed E-state index contributed by atoms with van der Waals surface area (Å²) in [6.45, 7) is 4.67. The number of amides is 1. The molecule has 2 atom stereocenters. The maximum atomic E-state index is 13.0. The SMILES string of the molecule is CCCCCC1SCC(C(=O)OCCCC)N1C(=O)c1ccccc1. The van der Waals surface area contributed by atoms with Gasteiger partial charge in [0.2, 0.25) is 0 Å². The van der Waals surface area contributed by atoms with Crippen molar-refractivity contribution in [3.63, 3.8) is 0 Å². The highest BCUT2D eigenvalue weighted by Gasteiger charge is 2.42. The standard InChI is InChI=1S/C20H29NO3S/c1-3-5-8-13-18-21(19(22)16-11-9-7-10-12-16)17(15-25-18)20(23)24-14-6-4-2/h7,9-12,17-18H,3-6,8,13-15H2,1-2H3. The van der Waals surface area contributed by atoms with Crippen molar-refractivity contribution in [3.8, 4) is 0 Å². The summed E-state index contributed by atoms with van der Waals surface area (Å²) in [5, 5.41) is 0.0583. The Hall–Kier alpha value is -1.49. The quantitative estimate of drug-likeness (QED) is 0.479. The molecule has 1 aromatic rings. The van der Waals surface area contributed by atoms with Crippen molar-refractivity contribution >= 4 is 23.6 Å². The lowest BCUT2D eigenvalue weighted by molar-refractivity contribution is -0.148. The Morgan fingerprint density at radius 2 is 1.84 bits per heavy atom. The summed E-state index contributed by atoms with van der Waals surface area (Å²) in [6.07, 6.45) is 6.14. The minimum Gasteiger partial charge on any atom is -0.464 e. The molecule has 1 heterocycles. The highest BCUT2D eigenvalue weighted by atomic mass is 32.2. The van der Waals surface area contributed by atoms with Crippen molar-refractivity contribution in [3.05, 3.63) is 35.9 Å². The number of hydrogen-bond acceptors (Lipinski definition) is 4. The van der Waals surface area contributed by atoms with Crippen molar-refractivity contribution in [2.45, 2.75) is 63.8 Å². The predicted octanol–water partition coefficient (Wildman–Crippen LogP) is 4.49. The van der Waals surface area contributed by atoms with E-state index in [-0.39, 0.29) is 17.3 Å². The lowest BCUT2D eigenvalue weighted by atomic mass is 10.1. The van der Waals surface area contributed by atoms with Crippen LogP contribution in [0.25, 0.3) is 0 Å². The molecular formula is C20H29NO3S. The monoisotopic (exact) mass is 363 g/mol. The van der Waals surface area contributed by atoms with Gasteiger partial charge in [-0.25, -0.2) is 4.79 Å². The summed E-state index contributed by atoms with van der Waals surface area (Å²) in [5.74, 6) is 0.299. The van der Waals surface area contributed by atoms with E-state index < -0.39 is 6.04 Å². The zero-order valence-corrected chi connectivity index (χ0v) is 16.1. The Balaban J connectivity index is 2.11.